The predicted molar refractivity (Wildman–Crippen MR) is 64.9 cm³/mol. The van der Waals surface area contributed by atoms with E-state index < -0.39 is 36.7 Å². The van der Waals surface area contributed by atoms with Crippen LogP contribution in [-0.4, -0.2) is 59.4 Å². The summed E-state index contributed by atoms with van der Waals surface area (Å²) in [7, 11) is 0. The Hall–Kier alpha value is -2.01. The van der Waals surface area contributed by atoms with E-state index in [0.717, 1.165) is 11.0 Å². The number of ether oxygens (including phenoxy) is 1. The van der Waals surface area contributed by atoms with E-state index in [-0.39, 0.29) is 11.2 Å². The van der Waals surface area contributed by atoms with Crippen LogP contribution in [0.2, 0.25) is 0 Å². The lowest BCUT2D eigenvalue weighted by atomic mass is 10.1. The van der Waals surface area contributed by atoms with Crippen molar-refractivity contribution in [3.8, 4) is 0 Å². The molecule has 0 saturated carbocycles. The summed E-state index contributed by atoms with van der Waals surface area (Å²) in [5, 5.41) is 28.7. The molecular formula is C10H13N5O5. The van der Waals surface area contributed by atoms with E-state index >= 15 is 0 Å². The second-order valence-corrected chi connectivity index (χ2v) is 4.51. The van der Waals surface area contributed by atoms with E-state index in [4.69, 9.17) is 15.7 Å². The Bertz CT molecular complexity index is 697. The van der Waals surface area contributed by atoms with E-state index in [1.54, 1.807) is 0 Å². The van der Waals surface area contributed by atoms with Crippen LogP contribution in [0.4, 0.5) is 0 Å². The number of hydrogen-bond donors (Lipinski definition) is 4. The zero-order valence-corrected chi connectivity index (χ0v) is 10.2. The number of rotatable bonds is 2. The van der Waals surface area contributed by atoms with Crippen molar-refractivity contribution in [3.63, 3.8) is 0 Å². The Morgan fingerprint density at radius 1 is 1.30 bits per heavy atom. The molecule has 20 heavy (non-hydrogen) atoms. The average molecular weight is 283 g/mol. The van der Waals surface area contributed by atoms with Gasteiger partial charge in [0.05, 0.1) is 12.9 Å². The fourth-order valence-electron chi connectivity index (χ4n) is 2.22. The van der Waals surface area contributed by atoms with E-state index in [2.05, 4.69) is 9.97 Å². The molecule has 2 aromatic rings. The van der Waals surface area contributed by atoms with Crippen LogP contribution < -0.4 is 11.4 Å². The van der Waals surface area contributed by atoms with Crippen LogP contribution in [0.25, 0.3) is 11.2 Å². The third-order valence-corrected chi connectivity index (χ3v) is 3.30. The maximum absolute atomic E-state index is 11.8. The number of aliphatic hydroxyl groups is 3. The first-order valence-electron chi connectivity index (χ1n) is 5.86. The lowest BCUT2D eigenvalue weighted by Gasteiger charge is -2.16. The standard InChI is InChI=1S/C10H13N5O5/c11-15-3-13-8-5(9(15)19)12-2-14(8)10-7(18)6(17)4(1-16)20-10/h2-4,6-7,10,16-18H,1,11H2/t4-,6+,7-,10-/m0/s1. The highest BCUT2D eigenvalue weighted by Crippen LogP contribution is 2.30. The number of fused-ring (bicyclic) bond motifs is 1. The molecule has 0 bridgehead atoms. The summed E-state index contributed by atoms with van der Waals surface area (Å²) < 4.78 is 7.46. The first-order chi connectivity index (χ1) is 9.54. The summed E-state index contributed by atoms with van der Waals surface area (Å²) >= 11 is 0. The van der Waals surface area contributed by atoms with Gasteiger partial charge in [-0.3, -0.25) is 9.36 Å². The molecule has 0 amide bonds. The van der Waals surface area contributed by atoms with Crippen molar-refractivity contribution in [2.45, 2.75) is 24.5 Å². The maximum Gasteiger partial charge on any atom is 0.299 e. The fraction of sp³-hybridized carbons (Fsp3) is 0.500. The molecule has 108 valence electrons. The normalized spacial score (nSPS) is 30.1. The molecule has 4 atom stereocenters. The molecule has 0 unspecified atom stereocenters. The van der Waals surface area contributed by atoms with Crippen molar-refractivity contribution in [1.29, 1.82) is 0 Å². The quantitative estimate of drug-likeness (QED) is 0.424. The molecule has 1 aliphatic heterocycles. The van der Waals surface area contributed by atoms with Crippen molar-refractivity contribution in [2.75, 3.05) is 12.4 Å². The van der Waals surface area contributed by atoms with Crippen molar-refractivity contribution in [2.24, 2.45) is 0 Å². The molecular weight excluding hydrogens is 270 g/mol. The monoisotopic (exact) mass is 283 g/mol. The predicted octanol–water partition coefficient (Wildman–Crippen LogP) is -3.08. The minimum Gasteiger partial charge on any atom is -0.394 e. The van der Waals surface area contributed by atoms with Gasteiger partial charge in [0.25, 0.3) is 5.56 Å². The van der Waals surface area contributed by atoms with Gasteiger partial charge in [-0.2, -0.15) is 0 Å². The largest absolute Gasteiger partial charge is 0.394 e. The summed E-state index contributed by atoms with van der Waals surface area (Å²) in [4.78, 5) is 19.6. The van der Waals surface area contributed by atoms with Gasteiger partial charge >= 0.3 is 0 Å². The Morgan fingerprint density at radius 3 is 2.70 bits per heavy atom. The van der Waals surface area contributed by atoms with E-state index in [1.165, 1.54) is 10.9 Å². The highest BCUT2D eigenvalue weighted by atomic mass is 16.6. The van der Waals surface area contributed by atoms with Gasteiger partial charge in [-0.15, -0.1) is 0 Å². The fourth-order valence-corrected chi connectivity index (χ4v) is 2.22. The smallest absolute Gasteiger partial charge is 0.299 e. The van der Waals surface area contributed by atoms with E-state index in [9.17, 15) is 15.0 Å². The van der Waals surface area contributed by atoms with Crippen LogP contribution >= 0.6 is 0 Å². The van der Waals surface area contributed by atoms with Gasteiger partial charge in [0.2, 0.25) is 0 Å². The van der Waals surface area contributed by atoms with Crippen molar-refractivity contribution in [3.05, 3.63) is 23.0 Å². The molecule has 5 N–H and O–H groups in total. The first kappa shape index (κ1) is 13.0. The minimum atomic E-state index is -1.27. The molecule has 1 saturated heterocycles. The van der Waals surface area contributed by atoms with Crippen LogP contribution in [0.5, 0.6) is 0 Å². The number of aromatic nitrogens is 4. The van der Waals surface area contributed by atoms with Crippen molar-refractivity contribution < 1.29 is 20.1 Å². The lowest BCUT2D eigenvalue weighted by Crippen LogP contribution is -2.33. The van der Waals surface area contributed by atoms with Gasteiger partial charge in [-0.1, -0.05) is 0 Å². The van der Waals surface area contributed by atoms with Gasteiger partial charge in [0.15, 0.2) is 17.4 Å². The third kappa shape index (κ3) is 1.70. The van der Waals surface area contributed by atoms with Gasteiger partial charge in [-0.25, -0.2) is 14.6 Å². The average Bonchev–Trinajstić information content (AvgIpc) is 2.98. The second kappa shape index (κ2) is 4.52. The molecule has 3 rings (SSSR count). The Balaban J connectivity index is 2.08. The number of imidazole rings is 1. The summed E-state index contributed by atoms with van der Waals surface area (Å²) in [6.07, 6.45) is -2.04. The van der Waals surface area contributed by atoms with E-state index in [1.807, 2.05) is 0 Å². The zero-order chi connectivity index (χ0) is 14.4. The number of nitrogen functional groups attached to an aromatic ring is 1. The topological polar surface area (TPSA) is 149 Å². The van der Waals surface area contributed by atoms with Crippen molar-refractivity contribution in [1.82, 2.24) is 19.2 Å². The molecule has 10 heteroatoms. The van der Waals surface area contributed by atoms with Gasteiger partial charge < -0.3 is 25.9 Å². The van der Waals surface area contributed by atoms with E-state index in [0.29, 0.717) is 0 Å². The molecule has 1 aliphatic rings. The highest BCUT2D eigenvalue weighted by Gasteiger charge is 2.44. The Kier molecular flexibility index (Phi) is 2.94. The first-order valence-corrected chi connectivity index (χ1v) is 5.86. The van der Waals surface area contributed by atoms with Crippen LogP contribution in [0.15, 0.2) is 17.4 Å². The van der Waals surface area contributed by atoms with Crippen LogP contribution in [-0.2, 0) is 4.74 Å². The molecule has 10 nitrogen and oxygen atoms in total. The molecule has 0 aromatic carbocycles. The van der Waals surface area contributed by atoms with Gasteiger partial charge in [0.1, 0.15) is 24.6 Å². The molecule has 0 aliphatic carbocycles. The van der Waals surface area contributed by atoms with Gasteiger partial charge in [-0.05, 0) is 0 Å². The summed E-state index contributed by atoms with van der Waals surface area (Å²) in [5.74, 6) is 5.38. The van der Waals surface area contributed by atoms with Crippen molar-refractivity contribution >= 4 is 11.2 Å². The highest BCUT2D eigenvalue weighted by molar-refractivity contribution is 5.69. The molecule has 1 fully saturated rings. The summed E-state index contributed by atoms with van der Waals surface area (Å²) in [6, 6.07) is 0. The number of aliphatic hydroxyl groups excluding tert-OH is 3. The second-order valence-electron chi connectivity index (χ2n) is 4.51. The van der Waals surface area contributed by atoms with Crippen LogP contribution in [0, 0.1) is 0 Å². The molecule has 2 aromatic heterocycles. The number of nitrogens with zero attached hydrogens (tertiary/aromatic N) is 4. The zero-order valence-electron chi connectivity index (χ0n) is 10.2. The summed E-state index contributed by atoms with van der Waals surface area (Å²) in [6.45, 7) is -0.440. The molecule has 0 radical (unpaired) electrons. The maximum atomic E-state index is 11.8. The van der Waals surface area contributed by atoms with Crippen LogP contribution in [0.1, 0.15) is 6.23 Å². The molecule has 3 heterocycles. The molecule has 0 spiro atoms. The Labute approximate surface area is 111 Å². The minimum absolute atomic E-state index is 0.0211. The Morgan fingerprint density at radius 2 is 2.05 bits per heavy atom. The van der Waals surface area contributed by atoms with Crippen LogP contribution in [0.3, 0.4) is 0 Å². The van der Waals surface area contributed by atoms with Gasteiger partial charge in [0, 0.05) is 0 Å². The third-order valence-electron chi connectivity index (χ3n) is 3.30. The number of nitrogens with two attached hydrogens (primary N) is 1. The summed E-state index contributed by atoms with van der Waals surface area (Å²) in [5.41, 5.74) is -0.347. The SMILES string of the molecule is Nn1cnc2c(ncn2[C@H]2O[C@@H](CO)[C@@H](O)[C@@H]2O)c1=O. The lowest BCUT2D eigenvalue weighted by molar-refractivity contribution is -0.0511. The number of hydrogen-bond acceptors (Lipinski definition) is 8.